The van der Waals surface area contributed by atoms with E-state index in [2.05, 4.69) is 15.4 Å². The van der Waals surface area contributed by atoms with Crippen molar-refractivity contribution >= 4 is 29.5 Å². The first kappa shape index (κ1) is 26.8. The molecule has 1 aliphatic heterocycles. The standard InChI is InChI=1S/C27H32FN7O3/c1-6-21(18-11-15(2)7-8-20(18)28)32-27(38)35-24(26(37)33(4)23-9-10-30-34(23)5)19(25(35)36)13-17-12-16(3)31-22(29)14-17/h7-12,14,19,21,24H,6,13H2,1-5H3,(H2,29,31)(H,32,38)/t19-,21-,24+/m1/s1. The van der Waals surface area contributed by atoms with E-state index in [1.54, 1.807) is 57.5 Å². The molecule has 11 heteroatoms. The van der Waals surface area contributed by atoms with E-state index in [1.807, 2.05) is 13.8 Å². The van der Waals surface area contributed by atoms with Gasteiger partial charge in [0.15, 0.2) is 0 Å². The second kappa shape index (κ2) is 10.6. The molecule has 3 atom stereocenters. The molecule has 10 nitrogen and oxygen atoms in total. The van der Waals surface area contributed by atoms with Crippen LogP contribution in [0.1, 0.15) is 41.8 Å². The molecule has 1 aromatic carbocycles. The van der Waals surface area contributed by atoms with Crippen molar-refractivity contribution in [3.63, 3.8) is 0 Å². The SMILES string of the molecule is CC[C@@H](NC(=O)N1C(=O)[C@H](Cc2cc(C)nc(N)c2)[C@H]1C(=O)N(C)c1ccnn1C)c1cc(C)ccc1F. The normalized spacial score (nSPS) is 17.6. The van der Waals surface area contributed by atoms with Crippen LogP contribution in [0, 0.1) is 25.6 Å². The molecule has 3 N–H and O–H groups in total. The summed E-state index contributed by atoms with van der Waals surface area (Å²) in [7, 11) is 3.26. The van der Waals surface area contributed by atoms with Crippen LogP contribution in [0.2, 0.25) is 0 Å². The number of hydrogen-bond donors (Lipinski definition) is 2. The van der Waals surface area contributed by atoms with Gasteiger partial charge >= 0.3 is 6.03 Å². The van der Waals surface area contributed by atoms with Gasteiger partial charge in [0.05, 0.1) is 18.2 Å². The van der Waals surface area contributed by atoms with Gasteiger partial charge in [-0.3, -0.25) is 24.1 Å². The van der Waals surface area contributed by atoms with Gasteiger partial charge in [-0.15, -0.1) is 0 Å². The monoisotopic (exact) mass is 521 g/mol. The Hall–Kier alpha value is -4.28. The Balaban J connectivity index is 1.63. The number of likely N-dealkylation sites (tertiary alicyclic amines) is 1. The van der Waals surface area contributed by atoms with Gasteiger partial charge in [0, 0.05) is 31.4 Å². The van der Waals surface area contributed by atoms with Crippen LogP contribution in [0.5, 0.6) is 0 Å². The second-order valence-corrected chi connectivity index (χ2v) is 9.65. The number of anilines is 2. The van der Waals surface area contributed by atoms with Gasteiger partial charge in [-0.1, -0.05) is 24.6 Å². The van der Waals surface area contributed by atoms with E-state index in [-0.39, 0.29) is 6.42 Å². The zero-order valence-electron chi connectivity index (χ0n) is 22.1. The minimum atomic E-state index is -1.07. The number of nitrogens with zero attached hydrogens (tertiary/aromatic N) is 5. The van der Waals surface area contributed by atoms with Gasteiger partial charge in [-0.25, -0.2) is 14.2 Å². The van der Waals surface area contributed by atoms with E-state index in [0.29, 0.717) is 29.3 Å². The summed E-state index contributed by atoms with van der Waals surface area (Å²) in [5.74, 6) is -1.37. The summed E-state index contributed by atoms with van der Waals surface area (Å²) >= 11 is 0. The molecule has 38 heavy (non-hydrogen) atoms. The number of amides is 4. The molecular formula is C27H32FN7O3. The number of urea groups is 1. The topological polar surface area (TPSA) is 126 Å². The number of carbonyl (C=O) groups excluding carboxylic acids is 3. The lowest BCUT2D eigenvalue weighted by molar-refractivity contribution is -0.156. The van der Waals surface area contributed by atoms with E-state index < -0.39 is 41.7 Å². The molecule has 200 valence electrons. The fourth-order valence-corrected chi connectivity index (χ4v) is 4.95. The lowest BCUT2D eigenvalue weighted by atomic mass is 9.81. The van der Waals surface area contributed by atoms with Crippen molar-refractivity contribution in [3.8, 4) is 0 Å². The van der Waals surface area contributed by atoms with Crippen LogP contribution in [-0.4, -0.2) is 50.6 Å². The van der Waals surface area contributed by atoms with Crippen LogP contribution in [0.25, 0.3) is 0 Å². The molecule has 0 spiro atoms. The number of pyridine rings is 1. The van der Waals surface area contributed by atoms with Gasteiger partial charge in [-0.05, 0) is 50.5 Å². The number of aryl methyl sites for hydroxylation is 3. The number of carbonyl (C=O) groups is 3. The van der Waals surface area contributed by atoms with Crippen LogP contribution in [-0.2, 0) is 23.1 Å². The Morgan fingerprint density at radius 3 is 2.58 bits per heavy atom. The average Bonchev–Trinajstić information content (AvgIpc) is 3.29. The molecule has 0 radical (unpaired) electrons. The van der Waals surface area contributed by atoms with Crippen molar-refractivity contribution in [2.24, 2.45) is 13.0 Å². The summed E-state index contributed by atoms with van der Waals surface area (Å²) in [5.41, 5.74) is 8.47. The number of hydrogen-bond acceptors (Lipinski definition) is 6. The number of rotatable bonds is 7. The fourth-order valence-electron chi connectivity index (χ4n) is 4.95. The fraction of sp³-hybridized carbons (Fsp3) is 0.370. The zero-order chi connectivity index (χ0) is 27.7. The first-order chi connectivity index (χ1) is 18.0. The number of likely N-dealkylation sites (N-methyl/N-ethyl adjacent to an activating group) is 1. The van der Waals surface area contributed by atoms with E-state index in [4.69, 9.17) is 5.73 Å². The number of nitrogens with one attached hydrogen (secondary N) is 1. The predicted octanol–water partition coefficient (Wildman–Crippen LogP) is 3.05. The largest absolute Gasteiger partial charge is 0.384 e. The minimum Gasteiger partial charge on any atom is -0.384 e. The molecule has 3 heterocycles. The van der Waals surface area contributed by atoms with Crippen molar-refractivity contribution in [2.75, 3.05) is 17.7 Å². The Labute approximate surface area is 220 Å². The number of nitrogens with two attached hydrogens (primary N) is 1. The molecule has 1 saturated heterocycles. The molecule has 0 saturated carbocycles. The first-order valence-corrected chi connectivity index (χ1v) is 12.4. The lowest BCUT2D eigenvalue weighted by Crippen LogP contribution is -2.70. The number of aromatic nitrogens is 3. The van der Waals surface area contributed by atoms with Crippen molar-refractivity contribution < 1.29 is 18.8 Å². The van der Waals surface area contributed by atoms with E-state index in [1.165, 1.54) is 15.6 Å². The maximum atomic E-state index is 14.6. The van der Waals surface area contributed by atoms with Crippen LogP contribution in [0.3, 0.4) is 0 Å². The zero-order valence-corrected chi connectivity index (χ0v) is 22.1. The average molecular weight is 522 g/mol. The Bertz CT molecular complexity index is 1370. The van der Waals surface area contributed by atoms with Crippen molar-refractivity contribution in [2.45, 2.75) is 45.7 Å². The molecule has 0 aliphatic carbocycles. The van der Waals surface area contributed by atoms with Crippen molar-refractivity contribution in [1.82, 2.24) is 25.0 Å². The van der Waals surface area contributed by atoms with Crippen LogP contribution < -0.4 is 16.0 Å². The summed E-state index contributed by atoms with van der Waals surface area (Å²) < 4.78 is 16.1. The quantitative estimate of drug-likeness (QED) is 0.460. The Morgan fingerprint density at radius 2 is 1.95 bits per heavy atom. The lowest BCUT2D eigenvalue weighted by Gasteiger charge is -2.46. The first-order valence-electron chi connectivity index (χ1n) is 12.4. The van der Waals surface area contributed by atoms with Crippen LogP contribution >= 0.6 is 0 Å². The Kier molecular flexibility index (Phi) is 7.47. The van der Waals surface area contributed by atoms with Crippen LogP contribution in [0.15, 0.2) is 42.6 Å². The third-order valence-electron chi connectivity index (χ3n) is 6.88. The molecule has 3 aromatic rings. The van der Waals surface area contributed by atoms with E-state index >= 15 is 0 Å². The third kappa shape index (κ3) is 5.09. The molecule has 0 unspecified atom stereocenters. The molecule has 2 aromatic heterocycles. The van der Waals surface area contributed by atoms with Gasteiger partial charge in [0.2, 0.25) is 5.91 Å². The second-order valence-electron chi connectivity index (χ2n) is 9.65. The highest BCUT2D eigenvalue weighted by Gasteiger charge is 2.55. The number of nitrogen functional groups attached to an aromatic ring is 1. The maximum Gasteiger partial charge on any atom is 0.325 e. The van der Waals surface area contributed by atoms with Crippen molar-refractivity contribution in [1.29, 1.82) is 0 Å². The summed E-state index contributed by atoms with van der Waals surface area (Å²) in [6, 6.07) is 7.28. The molecule has 0 bridgehead atoms. The van der Waals surface area contributed by atoms with E-state index in [0.717, 1.165) is 16.0 Å². The third-order valence-corrected chi connectivity index (χ3v) is 6.88. The summed E-state index contributed by atoms with van der Waals surface area (Å²) in [5, 5.41) is 6.87. The molecule has 4 rings (SSSR count). The Morgan fingerprint density at radius 1 is 1.21 bits per heavy atom. The number of halogens is 1. The molecule has 4 amide bonds. The van der Waals surface area contributed by atoms with Gasteiger partial charge in [0.25, 0.3) is 5.91 Å². The predicted molar refractivity (Wildman–Crippen MR) is 141 cm³/mol. The number of imide groups is 1. The van der Waals surface area contributed by atoms with Gasteiger partial charge in [0.1, 0.15) is 23.5 Å². The molecular weight excluding hydrogens is 489 g/mol. The number of β-lactam (4-membered cyclic amide) rings is 1. The highest BCUT2D eigenvalue weighted by molar-refractivity contribution is 6.12. The number of benzene rings is 1. The summed E-state index contributed by atoms with van der Waals surface area (Å²) in [6.45, 7) is 5.43. The molecule has 1 fully saturated rings. The summed E-state index contributed by atoms with van der Waals surface area (Å²) in [4.78, 5) is 47.0. The minimum absolute atomic E-state index is 0.204. The van der Waals surface area contributed by atoms with Gasteiger partial charge < -0.3 is 11.1 Å². The van der Waals surface area contributed by atoms with Gasteiger partial charge in [-0.2, -0.15) is 5.10 Å². The maximum absolute atomic E-state index is 14.6. The van der Waals surface area contributed by atoms with E-state index in [9.17, 15) is 18.8 Å². The highest BCUT2D eigenvalue weighted by Crippen LogP contribution is 2.34. The molecule has 1 aliphatic rings. The summed E-state index contributed by atoms with van der Waals surface area (Å²) in [6.07, 6.45) is 2.15. The van der Waals surface area contributed by atoms with Crippen LogP contribution in [0.4, 0.5) is 20.8 Å². The van der Waals surface area contributed by atoms with Crippen molar-refractivity contribution in [3.05, 3.63) is 70.8 Å². The highest BCUT2D eigenvalue weighted by atomic mass is 19.1. The smallest absolute Gasteiger partial charge is 0.325 e.